The van der Waals surface area contributed by atoms with E-state index in [1.54, 1.807) is 24.4 Å². The number of nitro groups is 1. The number of aromatic carboxylic acids is 1. The van der Waals surface area contributed by atoms with Gasteiger partial charge in [-0.15, -0.1) is 11.3 Å². The van der Waals surface area contributed by atoms with Crippen LogP contribution in [-0.2, 0) is 6.61 Å². The molecule has 0 bridgehead atoms. The molecule has 2 aromatic rings. The van der Waals surface area contributed by atoms with Crippen LogP contribution in [0.1, 0.15) is 20.8 Å². The number of nitrogens with zero attached hydrogens (tertiary/aromatic N) is 1. The lowest BCUT2D eigenvalue weighted by atomic mass is 10.2. The molecule has 1 heterocycles. The Balaban J connectivity index is 2.18. The van der Waals surface area contributed by atoms with Crippen molar-refractivity contribution in [1.29, 1.82) is 0 Å². The summed E-state index contributed by atoms with van der Waals surface area (Å²) < 4.78 is 5.50. The summed E-state index contributed by atoms with van der Waals surface area (Å²) in [4.78, 5) is 21.4. The van der Waals surface area contributed by atoms with Crippen molar-refractivity contribution in [2.24, 2.45) is 0 Å². The number of hydrogen-bond donors (Lipinski definition) is 1. The van der Waals surface area contributed by atoms with E-state index in [9.17, 15) is 14.9 Å². The molecular weight excluding hydrogens is 282 g/mol. The van der Waals surface area contributed by atoms with Crippen molar-refractivity contribution >= 4 is 23.0 Å². The van der Waals surface area contributed by atoms with Gasteiger partial charge in [-0.1, -0.05) is 0 Å². The van der Waals surface area contributed by atoms with Crippen molar-refractivity contribution in [1.82, 2.24) is 0 Å². The zero-order valence-electron chi connectivity index (χ0n) is 10.5. The number of nitro benzene ring substituents is 1. The van der Waals surface area contributed by atoms with Gasteiger partial charge < -0.3 is 9.84 Å². The molecule has 0 spiro atoms. The molecule has 0 saturated heterocycles. The van der Waals surface area contributed by atoms with E-state index in [1.165, 1.54) is 12.1 Å². The number of non-ortho nitro benzene ring substituents is 1. The molecule has 104 valence electrons. The molecule has 1 aromatic carbocycles. The van der Waals surface area contributed by atoms with Gasteiger partial charge in [-0.3, -0.25) is 10.1 Å². The summed E-state index contributed by atoms with van der Waals surface area (Å²) in [6.07, 6.45) is 0. The highest BCUT2D eigenvalue weighted by Crippen LogP contribution is 2.26. The zero-order valence-corrected chi connectivity index (χ0v) is 11.3. The van der Waals surface area contributed by atoms with Crippen LogP contribution >= 0.6 is 11.3 Å². The first-order valence-corrected chi connectivity index (χ1v) is 6.54. The third kappa shape index (κ3) is 2.94. The molecule has 0 atom stereocenters. The summed E-state index contributed by atoms with van der Waals surface area (Å²) in [5.41, 5.74) is 1.24. The van der Waals surface area contributed by atoms with Crippen LogP contribution in [0.4, 0.5) is 5.69 Å². The van der Waals surface area contributed by atoms with Crippen LogP contribution < -0.4 is 4.74 Å². The quantitative estimate of drug-likeness (QED) is 0.675. The number of aryl methyl sites for hydroxylation is 1. The monoisotopic (exact) mass is 293 g/mol. The highest BCUT2D eigenvalue weighted by Gasteiger charge is 2.14. The molecule has 0 aliphatic heterocycles. The molecule has 6 nitrogen and oxygen atoms in total. The van der Waals surface area contributed by atoms with E-state index in [0.29, 0.717) is 11.3 Å². The lowest BCUT2D eigenvalue weighted by Gasteiger charge is -2.08. The van der Waals surface area contributed by atoms with Gasteiger partial charge in [-0.2, -0.15) is 0 Å². The smallest absolute Gasteiger partial charge is 0.346 e. The van der Waals surface area contributed by atoms with E-state index in [-0.39, 0.29) is 17.2 Å². The summed E-state index contributed by atoms with van der Waals surface area (Å²) in [7, 11) is 0. The fourth-order valence-electron chi connectivity index (χ4n) is 1.65. The number of benzene rings is 1. The van der Waals surface area contributed by atoms with Crippen LogP contribution in [-0.4, -0.2) is 16.0 Å². The van der Waals surface area contributed by atoms with Gasteiger partial charge in [0.15, 0.2) is 0 Å². The highest BCUT2D eigenvalue weighted by molar-refractivity contribution is 7.12. The third-order valence-corrected chi connectivity index (χ3v) is 3.65. The minimum atomic E-state index is -1.01. The lowest BCUT2D eigenvalue weighted by Crippen LogP contribution is -2.02. The molecule has 0 saturated carbocycles. The van der Waals surface area contributed by atoms with E-state index in [4.69, 9.17) is 9.84 Å². The van der Waals surface area contributed by atoms with Gasteiger partial charge in [0.2, 0.25) is 0 Å². The molecule has 0 radical (unpaired) electrons. The van der Waals surface area contributed by atoms with Gasteiger partial charge in [-0.05, 0) is 30.0 Å². The largest absolute Gasteiger partial charge is 0.488 e. The maximum Gasteiger partial charge on any atom is 0.346 e. The van der Waals surface area contributed by atoms with Crippen LogP contribution in [0.15, 0.2) is 29.6 Å². The average Bonchev–Trinajstić information content (AvgIpc) is 2.86. The molecule has 2 rings (SSSR count). The summed E-state index contributed by atoms with van der Waals surface area (Å²) in [6.45, 7) is 1.83. The first-order valence-electron chi connectivity index (χ1n) is 5.66. The summed E-state index contributed by atoms with van der Waals surface area (Å²) in [5.74, 6) is -0.629. The second kappa shape index (κ2) is 5.70. The first-order chi connectivity index (χ1) is 9.49. The normalized spacial score (nSPS) is 10.2. The van der Waals surface area contributed by atoms with Crippen LogP contribution in [0.25, 0.3) is 0 Å². The molecule has 0 aliphatic rings. The van der Waals surface area contributed by atoms with Crippen molar-refractivity contribution in [2.45, 2.75) is 13.5 Å². The average molecular weight is 293 g/mol. The molecule has 7 heteroatoms. The van der Waals surface area contributed by atoms with Crippen LogP contribution in [0.3, 0.4) is 0 Å². The van der Waals surface area contributed by atoms with E-state index in [1.807, 2.05) is 0 Å². The van der Waals surface area contributed by atoms with Crippen molar-refractivity contribution in [3.63, 3.8) is 0 Å². The van der Waals surface area contributed by atoms with E-state index >= 15 is 0 Å². The SMILES string of the molecule is Cc1ccc([N+](=O)[O-])cc1OCc1ccsc1C(=O)O. The predicted molar refractivity (Wildman–Crippen MR) is 73.4 cm³/mol. The summed E-state index contributed by atoms with van der Waals surface area (Å²) in [5, 5.41) is 21.4. The fourth-order valence-corrected chi connectivity index (χ4v) is 2.40. The Morgan fingerprint density at radius 3 is 2.85 bits per heavy atom. The van der Waals surface area contributed by atoms with Gasteiger partial charge >= 0.3 is 5.97 Å². The maximum absolute atomic E-state index is 11.0. The second-order valence-electron chi connectivity index (χ2n) is 4.08. The summed E-state index contributed by atoms with van der Waals surface area (Å²) in [6, 6.07) is 6.00. The van der Waals surface area contributed by atoms with Gasteiger partial charge in [0.1, 0.15) is 17.2 Å². The Morgan fingerprint density at radius 1 is 1.45 bits per heavy atom. The molecule has 20 heavy (non-hydrogen) atoms. The van der Waals surface area contributed by atoms with Crippen molar-refractivity contribution < 1.29 is 19.6 Å². The second-order valence-corrected chi connectivity index (χ2v) is 4.99. The fraction of sp³-hybridized carbons (Fsp3) is 0.154. The minimum Gasteiger partial charge on any atom is -0.488 e. The van der Waals surface area contributed by atoms with Crippen LogP contribution in [0, 0.1) is 17.0 Å². The topological polar surface area (TPSA) is 89.7 Å². The van der Waals surface area contributed by atoms with Crippen molar-refractivity contribution in [2.75, 3.05) is 0 Å². The molecule has 0 amide bonds. The van der Waals surface area contributed by atoms with E-state index in [0.717, 1.165) is 16.9 Å². The van der Waals surface area contributed by atoms with Gasteiger partial charge in [0.05, 0.1) is 11.0 Å². The van der Waals surface area contributed by atoms with Gasteiger partial charge in [0.25, 0.3) is 5.69 Å². The number of hydrogen-bond acceptors (Lipinski definition) is 5. The number of ether oxygens (including phenoxy) is 1. The Bertz CT molecular complexity index is 665. The van der Waals surface area contributed by atoms with Crippen molar-refractivity contribution in [3.05, 3.63) is 55.8 Å². The van der Waals surface area contributed by atoms with Crippen LogP contribution in [0.2, 0.25) is 0 Å². The standard InChI is InChI=1S/C13H11NO5S/c1-8-2-3-10(14(17)18)6-11(8)19-7-9-4-5-20-12(9)13(15)16/h2-6H,7H2,1H3,(H,15,16). The summed E-state index contributed by atoms with van der Waals surface area (Å²) >= 11 is 1.12. The lowest BCUT2D eigenvalue weighted by molar-refractivity contribution is -0.385. The number of carboxylic acid groups (broad SMARTS) is 1. The molecule has 0 fully saturated rings. The van der Waals surface area contributed by atoms with E-state index < -0.39 is 10.9 Å². The zero-order chi connectivity index (χ0) is 14.7. The predicted octanol–water partition coefficient (Wildman–Crippen LogP) is 3.24. The Morgan fingerprint density at radius 2 is 2.20 bits per heavy atom. The Kier molecular flexibility index (Phi) is 3.99. The first kappa shape index (κ1) is 14.0. The molecule has 1 N–H and O–H groups in total. The highest BCUT2D eigenvalue weighted by atomic mass is 32.1. The number of carbonyl (C=O) groups is 1. The Hall–Kier alpha value is -2.41. The molecule has 1 aromatic heterocycles. The van der Waals surface area contributed by atoms with Crippen molar-refractivity contribution in [3.8, 4) is 5.75 Å². The van der Waals surface area contributed by atoms with Gasteiger partial charge in [0, 0.05) is 11.6 Å². The molecule has 0 aliphatic carbocycles. The number of rotatable bonds is 5. The number of thiophene rings is 1. The van der Waals surface area contributed by atoms with Crippen LogP contribution in [0.5, 0.6) is 5.75 Å². The third-order valence-electron chi connectivity index (χ3n) is 2.71. The Labute approximate surface area is 118 Å². The van der Waals surface area contributed by atoms with E-state index in [2.05, 4.69) is 0 Å². The molecular formula is C13H11NO5S. The minimum absolute atomic E-state index is 0.0608. The number of carboxylic acids is 1. The van der Waals surface area contributed by atoms with Gasteiger partial charge in [-0.25, -0.2) is 4.79 Å². The molecule has 0 unspecified atom stereocenters. The maximum atomic E-state index is 11.0.